The predicted octanol–water partition coefficient (Wildman–Crippen LogP) is 2.75. The van der Waals surface area contributed by atoms with Crippen LogP contribution in [-0.4, -0.2) is 46.3 Å². The number of nitrogens with one attached hydrogen (secondary N) is 1. The summed E-state index contributed by atoms with van der Waals surface area (Å²) in [6.45, 7) is 1.32. The Kier molecular flexibility index (Phi) is 7.62. The maximum Gasteiger partial charge on any atom is 0.264 e. The number of ether oxygens (including phenoxy) is 2. The van der Waals surface area contributed by atoms with Gasteiger partial charge in [0, 0.05) is 18.5 Å². The lowest BCUT2D eigenvalue weighted by atomic mass is 10.2. The van der Waals surface area contributed by atoms with E-state index in [1.165, 1.54) is 38.6 Å². The topological polar surface area (TPSA) is 110 Å². The van der Waals surface area contributed by atoms with Crippen molar-refractivity contribution in [1.82, 2.24) is 10.4 Å². The van der Waals surface area contributed by atoms with Gasteiger partial charge in [-0.25, -0.2) is 13.8 Å². The van der Waals surface area contributed by atoms with Crippen LogP contribution in [0.1, 0.15) is 11.1 Å². The molecule has 1 N–H and O–H groups in total. The molecule has 10 heteroatoms. The van der Waals surface area contributed by atoms with Gasteiger partial charge in [-0.1, -0.05) is 17.7 Å². The summed E-state index contributed by atoms with van der Waals surface area (Å²) in [5, 5.41) is 3.90. The SMILES string of the molecule is COc1ccc(OC)c(N(CC(=O)N/N=C\c2ccncc2)S(=O)(=O)c2ccc(C)cc2)c1. The molecular formula is C23H24N4O5S. The van der Waals surface area contributed by atoms with Crippen LogP contribution >= 0.6 is 0 Å². The average Bonchev–Trinajstić information content (AvgIpc) is 2.83. The highest BCUT2D eigenvalue weighted by Crippen LogP contribution is 2.35. The minimum absolute atomic E-state index is 0.0334. The number of nitrogens with zero attached hydrogens (tertiary/aromatic N) is 3. The molecule has 0 unspecified atom stereocenters. The number of carbonyl (C=O) groups excluding carboxylic acids is 1. The van der Waals surface area contributed by atoms with Crippen LogP contribution in [0.4, 0.5) is 5.69 Å². The van der Waals surface area contributed by atoms with Crippen molar-refractivity contribution in [2.24, 2.45) is 5.10 Å². The number of methoxy groups -OCH3 is 2. The van der Waals surface area contributed by atoms with Crippen LogP contribution in [0, 0.1) is 6.92 Å². The van der Waals surface area contributed by atoms with Crippen molar-refractivity contribution >= 4 is 27.8 Å². The summed E-state index contributed by atoms with van der Waals surface area (Å²) in [5.74, 6) is 0.0338. The molecule has 1 aromatic heterocycles. The average molecular weight is 469 g/mol. The molecule has 0 radical (unpaired) electrons. The number of hydrogen-bond acceptors (Lipinski definition) is 7. The van der Waals surface area contributed by atoms with E-state index in [2.05, 4.69) is 15.5 Å². The fraction of sp³-hybridized carbons (Fsp3) is 0.174. The van der Waals surface area contributed by atoms with Gasteiger partial charge in [0.1, 0.15) is 18.0 Å². The lowest BCUT2D eigenvalue weighted by molar-refractivity contribution is -0.119. The molecule has 9 nitrogen and oxygen atoms in total. The number of anilines is 1. The Morgan fingerprint density at radius 2 is 1.76 bits per heavy atom. The first-order valence-electron chi connectivity index (χ1n) is 9.88. The number of carbonyl (C=O) groups is 1. The van der Waals surface area contributed by atoms with Gasteiger partial charge in [0.15, 0.2) is 0 Å². The smallest absolute Gasteiger partial charge is 0.264 e. The van der Waals surface area contributed by atoms with E-state index in [0.29, 0.717) is 5.75 Å². The van der Waals surface area contributed by atoms with Gasteiger partial charge in [0.2, 0.25) is 0 Å². The minimum Gasteiger partial charge on any atom is -0.497 e. The number of benzene rings is 2. The molecule has 33 heavy (non-hydrogen) atoms. The lowest BCUT2D eigenvalue weighted by Gasteiger charge is -2.25. The van der Waals surface area contributed by atoms with E-state index in [1.54, 1.807) is 48.8 Å². The molecule has 3 rings (SSSR count). The van der Waals surface area contributed by atoms with Crippen molar-refractivity contribution in [1.29, 1.82) is 0 Å². The third-order valence-corrected chi connectivity index (χ3v) is 6.43. The van der Waals surface area contributed by atoms with E-state index in [0.717, 1.165) is 15.4 Å². The third kappa shape index (κ3) is 5.86. The highest BCUT2D eigenvalue weighted by atomic mass is 32.2. The number of hydrazone groups is 1. The molecule has 0 spiro atoms. The zero-order chi connectivity index (χ0) is 23.8. The second kappa shape index (κ2) is 10.6. The van der Waals surface area contributed by atoms with Gasteiger partial charge in [-0.15, -0.1) is 0 Å². The van der Waals surface area contributed by atoms with Crippen molar-refractivity contribution in [3.8, 4) is 11.5 Å². The molecule has 0 saturated heterocycles. The minimum atomic E-state index is -4.12. The Morgan fingerprint density at radius 3 is 2.39 bits per heavy atom. The Morgan fingerprint density at radius 1 is 1.06 bits per heavy atom. The molecule has 0 aliphatic carbocycles. The second-order valence-electron chi connectivity index (χ2n) is 6.94. The lowest BCUT2D eigenvalue weighted by Crippen LogP contribution is -2.39. The number of amides is 1. The van der Waals surface area contributed by atoms with Crippen LogP contribution in [0.25, 0.3) is 0 Å². The van der Waals surface area contributed by atoms with Gasteiger partial charge < -0.3 is 9.47 Å². The molecule has 1 heterocycles. The number of pyridine rings is 1. The summed E-state index contributed by atoms with van der Waals surface area (Å²) in [7, 11) is -1.24. The fourth-order valence-corrected chi connectivity index (χ4v) is 4.35. The summed E-state index contributed by atoms with van der Waals surface area (Å²) < 4.78 is 38.7. The number of sulfonamides is 1. The molecule has 0 aliphatic rings. The normalized spacial score (nSPS) is 11.2. The molecule has 0 fully saturated rings. The summed E-state index contributed by atoms with van der Waals surface area (Å²) in [4.78, 5) is 16.6. The molecule has 172 valence electrons. The van der Waals surface area contributed by atoms with Gasteiger partial charge >= 0.3 is 0 Å². The summed E-state index contributed by atoms with van der Waals surface area (Å²) in [6.07, 6.45) is 4.62. The molecule has 0 saturated carbocycles. The largest absolute Gasteiger partial charge is 0.497 e. The van der Waals surface area contributed by atoms with Crippen molar-refractivity contribution in [3.63, 3.8) is 0 Å². The van der Waals surface area contributed by atoms with Crippen LogP contribution < -0.4 is 19.2 Å². The van der Waals surface area contributed by atoms with Crippen LogP contribution in [0.3, 0.4) is 0 Å². The Bertz CT molecular complexity index is 1230. The maximum absolute atomic E-state index is 13.5. The van der Waals surface area contributed by atoms with Crippen molar-refractivity contribution in [2.45, 2.75) is 11.8 Å². The molecule has 0 atom stereocenters. The van der Waals surface area contributed by atoms with Crippen LogP contribution in [0.2, 0.25) is 0 Å². The Hall–Kier alpha value is -3.92. The monoisotopic (exact) mass is 468 g/mol. The van der Waals surface area contributed by atoms with Gasteiger partial charge in [0.05, 0.1) is 31.0 Å². The molecule has 0 bridgehead atoms. The van der Waals surface area contributed by atoms with Crippen LogP contribution in [0.5, 0.6) is 11.5 Å². The number of rotatable bonds is 9. The van der Waals surface area contributed by atoms with E-state index < -0.39 is 22.5 Å². The number of aromatic nitrogens is 1. The van der Waals surface area contributed by atoms with E-state index >= 15 is 0 Å². The molecular weight excluding hydrogens is 444 g/mol. The zero-order valence-electron chi connectivity index (χ0n) is 18.4. The van der Waals surface area contributed by atoms with E-state index in [-0.39, 0.29) is 16.3 Å². The van der Waals surface area contributed by atoms with Crippen LogP contribution in [0.15, 0.2) is 77.0 Å². The zero-order valence-corrected chi connectivity index (χ0v) is 19.2. The maximum atomic E-state index is 13.5. The van der Waals surface area contributed by atoms with E-state index in [9.17, 15) is 13.2 Å². The number of hydrogen-bond donors (Lipinski definition) is 1. The first kappa shape index (κ1) is 23.7. The fourth-order valence-electron chi connectivity index (χ4n) is 2.92. The highest BCUT2D eigenvalue weighted by molar-refractivity contribution is 7.92. The van der Waals surface area contributed by atoms with Gasteiger partial charge in [-0.05, 0) is 48.9 Å². The highest BCUT2D eigenvalue weighted by Gasteiger charge is 2.30. The molecule has 1 amide bonds. The van der Waals surface area contributed by atoms with Gasteiger partial charge in [-0.3, -0.25) is 14.1 Å². The van der Waals surface area contributed by atoms with Crippen LogP contribution in [-0.2, 0) is 14.8 Å². The predicted molar refractivity (Wildman–Crippen MR) is 125 cm³/mol. The summed E-state index contributed by atoms with van der Waals surface area (Å²) in [6, 6.07) is 14.5. The third-order valence-electron chi connectivity index (χ3n) is 4.66. The standard InChI is InChI=1S/C23H24N4O5S/c1-17-4-7-20(8-5-17)33(29,30)27(21-14-19(31-2)6-9-22(21)32-3)16-23(28)26-25-15-18-10-12-24-13-11-18/h4-15H,16H2,1-3H3,(H,26,28)/b25-15-. The summed E-state index contributed by atoms with van der Waals surface area (Å²) in [5.41, 5.74) is 4.15. The van der Waals surface area contributed by atoms with Gasteiger partial charge in [0.25, 0.3) is 15.9 Å². The first-order valence-corrected chi connectivity index (χ1v) is 11.3. The van der Waals surface area contributed by atoms with Gasteiger partial charge in [-0.2, -0.15) is 5.10 Å². The van der Waals surface area contributed by atoms with Crippen molar-refractivity contribution < 1.29 is 22.7 Å². The van der Waals surface area contributed by atoms with Crippen molar-refractivity contribution in [3.05, 3.63) is 78.1 Å². The number of aryl methyl sites for hydroxylation is 1. The van der Waals surface area contributed by atoms with E-state index in [4.69, 9.17) is 9.47 Å². The molecule has 0 aliphatic heterocycles. The second-order valence-corrected chi connectivity index (χ2v) is 8.80. The Balaban J connectivity index is 1.96. The van der Waals surface area contributed by atoms with Crippen molar-refractivity contribution in [2.75, 3.05) is 25.1 Å². The first-order chi connectivity index (χ1) is 15.8. The summed E-state index contributed by atoms with van der Waals surface area (Å²) >= 11 is 0. The molecule has 3 aromatic rings. The Labute approximate surface area is 192 Å². The van der Waals surface area contributed by atoms with E-state index in [1.807, 2.05) is 6.92 Å². The quantitative estimate of drug-likeness (QED) is 0.382. The molecule has 2 aromatic carbocycles.